The molecule has 4 rings (SSSR count). The average molecular weight is 407 g/mol. The molecule has 1 atom stereocenters. The molecule has 0 aliphatic carbocycles. The number of thioether (sulfide) groups is 1. The average Bonchev–Trinajstić information content (AvgIpc) is 3.36. The molecule has 29 heavy (non-hydrogen) atoms. The zero-order valence-electron chi connectivity index (χ0n) is 16.2. The molecule has 0 saturated heterocycles. The van der Waals surface area contributed by atoms with E-state index in [2.05, 4.69) is 20.2 Å². The summed E-state index contributed by atoms with van der Waals surface area (Å²) in [5.74, 6) is 0.790. The molecule has 1 N–H and O–H groups in total. The van der Waals surface area contributed by atoms with Gasteiger partial charge in [-0.2, -0.15) is 0 Å². The lowest BCUT2D eigenvalue weighted by Gasteiger charge is -2.12. The number of rotatable bonds is 8. The maximum absolute atomic E-state index is 13.1. The van der Waals surface area contributed by atoms with Crippen molar-refractivity contribution in [2.75, 3.05) is 13.7 Å². The van der Waals surface area contributed by atoms with E-state index in [0.29, 0.717) is 23.9 Å². The van der Waals surface area contributed by atoms with Crippen LogP contribution in [0.3, 0.4) is 0 Å². The van der Waals surface area contributed by atoms with Crippen LogP contribution in [-0.2, 0) is 11.3 Å². The van der Waals surface area contributed by atoms with Crippen molar-refractivity contribution in [2.24, 2.45) is 0 Å². The summed E-state index contributed by atoms with van der Waals surface area (Å²) in [5, 5.41) is 10.0. The van der Waals surface area contributed by atoms with Crippen LogP contribution in [-0.4, -0.2) is 49.5 Å². The van der Waals surface area contributed by atoms with E-state index < -0.39 is 0 Å². The number of para-hydroxylation sites is 1. The SMILES string of the molecule is COCCn1c(S[C@H](C)C(=O)c2c[nH]c3ccccc23)nnc1-c1ccncc1. The van der Waals surface area contributed by atoms with E-state index in [4.69, 9.17) is 4.74 Å². The Kier molecular flexibility index (Phi) is 5.73. The standard InChI is InChI=1S/C21H21N5O2S/c1-14(19(27)17-13-23-18-6-4-3-5-16(17)18)29-21-25-24-20(26(21)11-12-28-2)15-7-9-22-10-8-15/h3-10,13-14,23H,11-12H2,1-2H3/t14-/m1/s1. The molecule has 0 amide bonds. The van der Waals surface area contributed by atoms with Crippen LogP contribution in [0.2, 0.25) is 0 Å². The number of benzene rings is 1. The molecular formula is C21H21N5O2S. The van der Waals surface area contributed by atoms with Crippen molar-refractivity contribution in [3.8, 4) is 11.4 Å². The van der Waals surface area contributed by atoms with E-state index >= 15 is 0 Å². The summed E-state index contributed by atoms with van der Waals surface area (Å²) in [6.45, 7) is 3.02. The minimum Gasteiger partial charge on any atom is -0.383 e. The van der Waals surface area contributed by atoms with Gasteiger partial charge < -0.3 is 9.72 Å². The van der Waals surface area contributed by atoms with Gasteiger partial charge in [-0.25, -0.2) is 0 Å². The first-order valence-corrected chi connectivity index (χ1v) is 10.2. The lowest BCUT2D eigenvalue weighted by Crippen LogP contribution is -2.15. The summed E-state index contributed by atoms with van der Waals surface area (Å²) in [4.78, 5) is 20.3. The van der Waals surface area contributed by atoms with Gasteiger partial charge in [-0.15, -0.1) is 10.2 Å². The zero-order chi connectivity index (χ0) is 20.2. The summed E-state index contributed by atoms with van der Waals surface area (Å²) in [7, 11) is 1.66. The number of aromatic nitrogens is 5. The van der Waals surface area contributed by atoms with E-state index in [9.17, 15) is 4.79 Å². The number of fused-ring (bicyclic) bond motifs is 1. The number of hydrogen-bond donors (Lipinski definition) is 1. The van der Waals surface area contributed by atoms with Crippen LogP contribution in [0.25, 0.3) is 22.3 Å². The molecule has 0 aliphatic rings. The molecule has 8 heteroatoms. The van der Waals surface area contributed by atoms with E-state index in [1.807, 2.05) is 47.9 Å². The van der Waals surface area contributed by atoms with Crippen molar-refractivity contribution < 1.29 is 9.53 Å². The highest BCUT2D eigenvalue weighted by molar-refractivity contribution is 8.00. The van der Waals surface area contributed by atoms with Gasteiger partial charge in [-0.05, 0) is 25.1 Å². The topological polar surface area (TPSA) is 85.7 Å². The Morgan fingerprint density at radius 1 is 1.21 bits per heavy atom. The van der Waals surface area contributed by atoms with Crippen LogP contribution in [0, 0.1) is 0 Å². The number of ether oxygens (including phenoxy) is 1. The van der Waals surface area contributed by atoms with Crippen molar-refractivity contribution in [1.82, 2.24) is 24.7 Å². The smallest absolute Gasteiger partial charge is 0.192 e. The Labute approximate surface area is 172 Å². The molecule has 0 radical (unpaired) electrons. The van der Waals surface area contributed by atoms with Crippen LogP contribution in [0.1, 0.15) is 17.3 Å². The molecule has 1 aromatic carbocycles. The molecule has 3 heterocycles. The van der Waals surface area contributed by atoms with Gasteiger partial charge in [0.2, 0.25) is 0 Å². The summed E-state index contributed by atoms with van der Waals surface area (Å²) < 4.78 is 7.24. The Morgan fingerprint density at radius 2 is 2.00 bits per heavy atom. The molecule has 7 nitrogen and oxygen atoms in total. The number of H-pyrrole nitrogens is 1. The lowest BCUT2D eigenvalue weighted by molar-refractivity contribution is 0.0995. The van der Waals surface area contributed by atoms with Gasteiger partial charge in [-0.1, -0.05) is 30.0 Å². The summed E-state index contributed by atoms with van der Waals surface area (Å²) in [6.07, 6.45) is 5.23. The highest BCUT2D eigenvalue weighted by atomic mass is 32.2. The van der Waals surface area contributed by atoms with Crippen molar-refractivity contribution in [3.05, 3.63) is 60.6 Å². The second-order valence-electron chi connectivity index (χ2n) is 6.56. The third-order valence-electron chi connectivity index (χ3n) is 4.68. The van der Waals surface area contributed by atoms with Crippen molar-refractivity contribution in [1.29, 1.82) is 0 Å². The predicted octanol–water partition coefficient (Wildman–Crippen LogP) is 3.83. The second-order valence-corrected chi connectivity index (χ2v) is 7.87. The fraction of sp³-hybridized carbons (Fsp3) is 0.238. The van der Waals surface area contributed by atoms with Crippen LogP contribution >= 0.6 is 11.8 Å². The minimum absolute atomic E-state index is 0.0548. The summed E-state index contributed by atoms with van der Waals surface area (Å²) in [6, 6.07) is 11.6. The second kappa shape index (κ2) is 8.59. The van der Waals surface area contributed by atoms with Crippen molar-refractivity contribution in [2.45, 2.75) is 23.9 Å². The van der Waals surface area contributed by atoms with Gasteiger partial charge in [-0.3, -0.25) is 14.3 Å². The van der Waals surface area contributed by atoms with Crippen molar-refractivity contribution in [3.63, 3.8) is 0 Å². The van der Waals surface area contributed by atoms with Crippen LogP contribution in [0.4, 0.5) is 0 Å². The number of carbonyl (C=O) groups excluding carboxylic acids is 1. The van der Waals surface area contributed by atoms with E-state index in [1.165, 1.54) is 11.8 Å². The molecule has 0 saturated carbocycles. The molecule has 0 fully saturated rings. The Morgan fingerprint density at radius 3 is 2.79 bits per heavy atom. The number of carbonyl (C=O) groups is 1. The number of ketones is 1. The van der Waals surface area contributed by atoms with Gasteiger partial charge in [0.15, 0.2) is 16.8 Å². The molecule has 0 bridgehead atoms. The number of pyridine rings is 1. The maximum Gasteiger partial charge on any atom is 0.192 e. The minimum atomic E-state index is -0.315. The van der Waals surface area contributed by atoms with E-state index in [-0.39, 0.29) is 11.0 Å². The monoisotopic (exact) mass is 407 g/mol. The van der Waals surface area contributed by atoms with Gasteiger partial charge in [0.1, 0.15) is 0 Å². The van der Waals surface area contributed by atoms with E-state index in [0.717, 1.165) is 22.3 Å². The highest BCUT2D eigenvalue weighted by Crippen LogP contribution is 2.29. The van der Waals surface area contributed by atoms with Gasteiger partial charge in [0, 0.05) is 47.7 Å². The summed E-state index contributed by atoms with van der Waals surface area (Å²) in [5.41, 5.74) is 2.57. The fourth-order valence-electron chi connectivity index (χ4n) is 3.18. The number of Topliss-reactive ketones (excluding diaryl/α,β-unsaturated/α-hetero) is 1. The summed E-state index contributed by atoms with van der Waals surface area (Å²) >= 11 is 1.41. The first kappa shape index (κ1) is 19.4. The first-order valence-electron chi connectivity index (χ1n) is 9.28. The fourth-order valence-corrected chi connectivity index (χ4v) is 4.12. The molecule has 0 spiro atoms. The molecular weight excluding hydrogens is 386 g/mol. The number of nitrogens with zero attached hydrogens (tertiary/aromatic N) is 4. The largest absolute Gasteiger partial charge is 0.383 e. The van der Waals surface area contributed by atoms with Crippen LogP contribution < -0.4 is 0 Å². The normalized spacial score (nSPS) is 12.3. The predicted molar refractivity (Wildman–Crippen MR) is 113 cm³/mol. The number of methoxy groups -OCH3 is 1. The highest BCUT2D eigenvalue weighted by Gasteiger charge is 2.23. The van der Waals surface area contributed by atoms with Crippen LogP contribution in [0.15, 0.2) is 60.1 Å². The molecule has 0 unspecified atom stereocenters. The Bertz CT molecular complexity index is 1120. The van der Waals surface area contributed by atoms with Crippen molar-refractivity contribution >= 4 is 28.4 Å². The number of hydrogen-bond acceptors (Lipinski definition) is 6. The molecule has 0 aliphatic heterocycles. The first-order chi connectivity index (χ1) is 14.2. The third-order valence-corrected chi connectivity index (χ3v) is 5.76. The lowest BCUT2D eigenvalue weighted by atomic mass is 10.1. The third kappa shape index (κ3) is 3.94. The molecule has 4 aromatic rings. The van der Waals surface area contributed by atoms with Gasteiger partial charge in [0.05, 0.1) is 18.4 Å². The quantitative estimate of drug-likeness (QED) is 0.353. The van der Waals surface area contributed by atoms with Crippen LogP contribution in [0.5, 0.6) is 0 Å². The Hall–Kier alpha value is -2.97. The number of aromatic amines is 1. The molecule has 3 aromatic heterocycles. The Balaban J connectivity index is 1.61. The molecule has 148 valence electrons. The van der Waals surface area contributed by atoms with Gasteiger partial charge in [0.25, 0.3) is 0 Å². The van der Waals surface area contributed by atoms with E-state index in [1.54, 1.807) is 25.7 Å². The maximum atomic E-state index is 13.1. The number of nitrogens with one attached hydrogen (secondary N) is 1. The zero-order valence-corrected chi connectivity index (χ0v) is 17.0. The van der Waals surface area contributed by atoms with Gasteiger partial charge >= 0.3 is 0 Å².